The lowest BCUT2D eigenvalue weighted by Crippen LogP contribution is -2.36. The zero-order valence-electron chi connectivity index (χ0n) is 11.9. The third-order valence-corrected chi connectivity index (χ3v) is 3.39. The Labute approximate surface area is 118 Å². The molecular formula is C15H20FN3O. The molecule has 0 radical (unpaired) electrons. The lowest BCUT2D eigenvalue weighted by molar-refractivity contribution is -0.122. The molecule has 1 heterocycles. The highest BCUT2D eigenvalue weighted by molar-refractivity contribution is 5.84. The molecular weight excluding hydrogens is 257 g/mol. The highest BCUT2D eigenvalue weighted by atomic mass is 19.1. The molecule has 4 nitrogen and oxygen atoms in total. The number of hydrogen-bond acceptors (Lipinski definition) is 3. The van der Waals surface area contributed by atoms with Crippen molar-refractivity contribution in [2.75, 3.05) is 13.1 Å². The summed E-state index contributed by atoms with van der Waals surface area (Å²) in [6, 6.07) is 6.16. The van der Waals surface area contributed by atoms with E-state index in [2.05, 4.69) is 10.4 Å². The molecule has 0 aliphatic carbocycles. The van der Waals surface area contributed by atoms with Gasteiger partial charge >= 0.3 is 0 Å². The summed E-state index contributed by atoms with van der Waals surface area (Å²) in [7, 11) is 0. The van der Waals surface area contributed by atoms with Gasteiger partial charge in [-0.05, 0) is 31.0 Å². The molecule has 5 heteroatoms. The van der Waals surface area contributed by atoms with Gasteiger partial charge in [-0.25, -0.2) is 4.39 Å². The predicted octanol–water partition coefficient (Wildman–Crippen LogP) is 2.47. The Kier molecular flexibility index (Phi) is 4.71. The summed E-state index contributed by atoms with van der Waals surface area (Å²) in [6.45, 7) is 5.03. The molecule has 1 N–H and O–H groups in total. The summed E-state index contributed by atoms with van der Waals surface area (Å²) in [5.41, 5.74) is 1.98. The van der Waals surface area contributed by atoms with Crippen LogP contribution in [0.4, 0.5) is 4.39 Å². The van der Waals surface area contributed by atoms with Crippen molar-refractivity contribution in [2.24, 2.45) is 5.10 Å². The van der Waals surface area contributed by atoms with Gasteiger partial charge in [0.15, 0.2) is 0 Å². The summed E-state index contributed by atoms with van der Waals surface area (Å²) >= 11 is 0. The van der Waals surface area contributed by atoms with E-state index in [1.807, 2.05) is 13.8 Å². The Morgan fingerprint density at radius 1 is 1.45 bits per heavy atom. The monoisotopic (exact) mass is 277 g/mol. The van der Waals surface area contributed by atoms with E-state index in [4.69, 9.17) is 0 Å². The Bertz CT molecular complexity index is 498. The van der Waals surface area contributed by atoms with Gasteiger partial charge < -0.3 is 5.32 Å². The van der Waals surface area contributed by atoms with Crippen LogP contribution < -0.4 is 5.32 Å². The molecule has 0 unspecified atom stereocenters. The SMILES string of the molecule is CC[C@H](NC(=O)CN1CCC(C)=N1)c1ccc(F)cc1. The van der Waals surface area contributed by atoms with Crippen molar-refractivity contribution in [1.82, 2.24) is 10.3 Å². The molecule has 0 saturated heterocycles. The van der Waals surface area contributed by atoms with E-state index in [1.54, 1.807) is 17.1 Å². The topological polar surface area (TPSA) is 44.7 Å². The molecule has 0 fully saturated rings. The van der Waals surface area contributed by atoms with Crippen molar-refractivity contribution in [3.8, 4) is 0 Å². The fourth-order valence-electron chi connectivity index (χ4n) is 2.27. The Morgan fingerprint density at radius 3 is 2.70 bits per heavy atom. The fourth-order valence-corrected chi connectivity index (χ4v) is 2.27. The van der Waals surface area contributed by atoms with Gasteiger partial charge in [-0.3, -0.25) is 9.80 Å². The first-order valence-electron chi connectivity index (χ1n) is 6.92. The minimum absolute atomic E-state index is 0.0559. The van der Waals surface area contributed by atoms with Crippen molar-refractivity contribution < 1.29 is 9.18 Å². The van der Waals surface area contributed by atoms with Crippen LogP contribution >= 0.6 is 0 Å². The van der Waals surface area contributed by atoms with Crippen LogP contribution in [-0.2, 0) is 4.79 Å². The maximum absolute atomic E-state index is 12.9. The molecule has 1 atom stereocenters. The number of rotatable bonds is 5. The van der Waals surface area contributed by atoms with E-state index in [0.717, 1.165) is 30.7 Å². The molecule has 2 rings (SSSR count). The average molecular weight is 277 g/mol. The molecule has 0 aromatic heterocycles. The maximum Gasteiger partial charge on any atom is 0.241 e. The number of halogens is 1. The zero-order valence-corrected chi connectivity index (χ0v) is 11.9. The third kappa shape index (κ3) is 3.79. The van der Waals surface area contributed by atoms with Gasteiger partial charge in [0.1, 0.15) is 12.4 Å². The molecule has 0 saturated carbocycles. The minimum Gasteiger partial charge on any atom is -0.348 e. The smallest absolute Gasteiger partial charge is 0.241 e. The zero-order chi connectivity index (χ0) is 14.5. The minimum atomic E-state index is -0.267. The summed E-state index contributed by atoms with van der Waals surface area (Å²) in [5, 5.41) is 9.04. The van der Waals surface area contributed by atoms with E-state index >= 15 is 0 Å². The van der Waals surface area contributed by atoms with E-state index in [9.17, 15) is 9.18 Å². The number of nitrogens with zero attached hydrogens (tertiary/aromatic N) is 2. The van der Waals surface area contributed by atoms with E-state index < -0.39 is 0 Å². The number of benzene rings is 1. The highest BCUT2D eigenvalue weighted by Gasteiger charge is 2.17. The lowest BCUT2D eigenvalue weighted by Gasteiger charge is -2.19. The van der Waals surface area contributed by atoms with E-state index in [1.165, 1.54) is 12.1 Å². The lowest BCUT2D eigenvalue weighted by atomic mass is 10.0. The molecule has 20 heavy (non-hydrogen) atoms. The van der Waals surface area contributed by atoms with Crippen LogP contribution in [0.2, 0.25) is 0 Å². The van der Waals surface area contributed by atoms with Crippen molar-refractivity contribution in [3.05, 3.63) is 35.6 Å². The van der Waals surface area contributed by atoms with Crippen LogP contribution in [-0.4, -0.2) is 29.7 Å². The van der Waals surface area contributed by atoms with Crippen LogP contribution in [0.15, 0.2) is 29.4 Å². The number of amides is 1. The van der Waals surface area contributed by atoms with E-state index in [-0.39, 0.29) is 24.3 Å². The van der Waals surface area contributed by atoms with Crippen molar-refractivity contribution >= 4 is 11.6 Å². The second-order valence-electron chi connectivity index (χ2n) is 5.05. The molecule has 108 valence electrons. The first-order valence-corrected chi connectivity index (χ1v) is 6.92. The Morgan fingerprint density at radius 2 is 2.15 bits per heavy atom. The van der Waals surface area contributed by atoms with Gasteiger partial charge in [-0.2, -0.15) is 5.10 Å². The summed E-state index contributed by atoms with van der Waals surface area (Å²) < 4.78 is 12.9. The number of carbonyl (C=O) groups is 1. The van der Waals surface area contributed by atoms with Crippen LogP contribution in [0, 0.1) is 5.82 Å². The molecule has 1 aromatic rings. The summed E-state index contributed by atoms with van der Waals surface area (Å²) in [6.07, 6.45) is 1.68. The quantitative estimate of drug-likeness (QED) is 0.898. The van der Waals surface area contributed by atoms with Gasteiger partial charge in [-0.15, -0.1) is 0 Å². The largest absolute Gasteiger partial charge is 0.348 e. The summed E-state index contributed by atoms with van der Waals surface area (Å²) in [4.78, 5) is 12.0. The summed E-state index contributed by atoms with van der Waals surface area (Å²) in [5.74, 6) is -0.323. The standard InChI is InChI=1S/C15H20FN3O/c1-3-14(12-4-6-13(16)7-5-12)17-15(20)10-19-9-8-11(2)18-19/h4-7,14H,3,8-10H2,1-2H3,(H,17,20)/t14-/m0/s1. The molecule has 1 aliphatic rings. The molecule has 1 amide bonds. The van der Waals surface area contributed by atoms with Gasteiger partial charge in [-0.1, -0.05) is 19.1 Å². The van der Waals surface area contributed by atoms with Crippen LogP contribution in [0.1, 0.15) is 38.3 Å². The molecule has 0 bridgehead atoms. The first-order chi connectivity index (χ1) is 9.58. The molecule has 1 aromatic carbocycles. The van der Waals surface area contributed by atoms with Crippen molar-refractivity contribution in [3.63, 3.8) is 0 Å². The molecule has 0 spiro atoms. The Hall–Kier alpha value is -1.91. The normalized spacial score (nSPS) is 15.9. The van der Waals surface area contributed by atoms with Gasteiger partial charge in [0.25, 0.3) is 0 Å². The third-order valence-electron chi connectivity index (χ3n) is 3.39. The van der Waals surface area contributed by atoms with Crippen molar-refractivity contribution in [2.45, 2.75) is 32.7 Å². The van der Waals surface area contributed by atoms with Crippen LogP contribution in [0.5, 0.6) is 0 Å². The number of carbonyl (C=O) groups excluding carboxylic acids is 1. The van der Waals surface area contributed by atoms with Crippen LogP contribution in [0.3, 0.4) is 0 Å². The highest BCUT2D eigenvalue weighted by Crippen LogP contribution is 2.17. The second-order valence-corrected chi connectivity index (χ2v) is 5.05. The van der Waals surface area contributed by atoms with E-state index in [0.29, 0.717) is 0 Å². The maximum atomic E-state index is 12.9. The van der Waals surface area contributed by atoms with Crippen molar-refractivity contribution in [1.29, 1.82) is 0 Å². The molecule has 1 aliphatic heterocycles. The fraction of sp³-hybridized carbons (Fsp3) is 0.467. The van der Waals surface area contributed by atoms with Gasteiger partial charge in [0, 0.05) is 18.7 Å². The van der Waals surface area contributed by atoms with Crippen LogP contribution in [0.25, 0.3) is 0 Å². The number of hydrazone groups is 1. The number of nitrogens with one attached hydrogen (secondary N) is 1. The first kappa shape index (κ1) is 14.5. The van der Waals surface area contributed by atoms with Gasteiger partial charge in [0.05, 0.1) is 6.04 Å². The second kappa shape index (κ2) is 6.50. The Balaban J connectivity index is 1.92. The predicted molar refractivity (Wildman–Crippen MR) is 76.9 cm³/mol. The number of hydrogen-bond donors (Lipinski definition) is 1. The van der Waals surface area contributed by atoms with Gasteiger partial charge in [0.2, 0.25) is 5.91 Å². The average Bonchev–Trinajstić information content (AvgIpc) is 2.82.